The lowest BCUT2D eigenvalue weighted by atomic mass is 9.88. The van der Waals surface area contributed by atoms with Gasteiger partial charge in [0.1, 0.15) is 5.75 Å². The number of carbonyl (C=O) groups excluding carboxylic acids is 1. The SMILES string of the molecule is CCN1c2cc(OC)c(C=Nc3cccc(C(=O)OC)c3C)cc2C(C)=CC1(C)C. The van der Waals surface area contributed by atoms with E-state index >= 15 is 0 Å². The molecular weight excluding hydrogens is 376 g/mol. The normalized spacial score (nSPS) is 15.0. The molecule has 0 amide bonds. The molecule has 0 saturated carbocycles. The summed E-state index contributed by atoms with van der Waals surface area (Å²) >= 11 is 0. The fourth-order valence-corrected chi connectivity index (χ4v) is 4.21. The summed E-state index contributed by atoms with van der Waals surface area (Å²) in [5.41, 5.74) is 6.44. The molecule has 0 aliphatic carbocycles. The molecule has 0 radical (unpaired) electrons. The largest absolute Gasteiger partial charge is 0.496 e. The summed E-state index contributed by atoms with van der Waals surface area (Å²) in [5, 5.41) is 0. The monoisotopic (exact) mass is 406 g/mol. The molecule has 0 atom stereocenters. The first-order valence-corrected chi connectivity index (χ1v) is 10.1. The van der Waals surface area contributed by atoms with Crippen molar-refractivity contribution in [2.24, 2.45) is 4.99 Å². The quantitative estimate of drug-likeness (QED) is 0.482. The van der Waals surface area contributed by atoms with E-state index in [0.717, 1.165) is 29.1 Å². The predicted molar refractivity (Wildman–Crippen MR) is 124 cm³/mol. The van der Waals surface area contributed by atoms with Gasteiger partial charge in [-0.2, -0.15) is 0 Å². The number of likely N-dealkylation sites (N-methyl/N-ethyl adjacent to an activating group) is 1. The molecule has 1 heterocycles. The summed E-state index contributed by atoms with van der Waals surface area (Å²) in [5.74, 6) is 0.405. The molecule has 5 heteroatoms. The maximum absolute atomic E-state index is 12.0. The van der Waals surface area contributed by atoms with Gasteiger partial charge in [0.2, 0.25) is 0 Å². The topological polar surface area (TPSA) is 51.1 Å². The van der Waals surface area contributed by atoms with Crippen LogP contribution in [-0.2, 0) is 4.74 Å². The summed E-state index contributed by atoms with van der Waals surface area (Å²) in [7, 11) is 3.06. The Morgan fingerprint density at radius 1 is 1.20 bits per heavy atom. The Morgan fingerprint density at radius 2 is 1.93 bits per heavy atom. The van der Waals surface area contributed by atoms with E-state index in [4.69, 9.17) is 9.47 Å². The minimum atomic E-state index is -0.362. The summed E-state index contributed by atoms with van der Waals surface area (Å²) in [6.45, 7) is 11.5. The zero-order chi connectivity index (χ0) is 22.1. The average molecular weight is 407 g/mol. The van der Waals surface area contributed by atoms with Gasteiger partial charge in [-0.3, -0.25) is 4.99 Å². The van der Waals surface area contributed by atoms with E-state index in [0.29, 0.717) is 5.56 Å². The molecule has 0 saturated heterocycles. The van der Waals surface area contributed by atoms with Crippen LogP contribution < -0.4 is 9.64 Å². The third kappa shape index (κ3) is 3.84. The molecule has 0 fully saturated rings. The maximum atomic E-state index is 12.0. The molecule has 1 aliphatic rings. The molecule has 0 N–H and O–H groups in total. The Bertz CT molecular complexity index is 1030. The van der Waals surface area contributed by atoms with Crippen LogP contribution in [-0.4, -0.2) is 38.5 Å². The van der Waals surface area contributed by atoms with Crippen LogP contribution in [0, 0.1) is 6.92 Å². The van der Waals surface area contributed by atoms with E-state index in [1.807, 2.05) is 19.1 Å². The van der Waals surface area contributed by atoms with Gasteiger partial charge in [0.25, 0.3) is 0 Å². The van der Waals surface area contributed by atoms with Crippen molar-refractivity contribution in [1.29, 1.82) is 0 Å². The summed E-state index contributed by atoms with van der Waals surface area (Å²) in [6, 6.07) is 9.66. The third-order valence-corrected chi connectivity index (χ3v) is 5.70. The lowest BCUT2D eigenvalue weighted by Gasteiger charge is -2.43. The lowest BCUT2D eigenvalue weighted by molar-refractivity contribution is 0.0600. The minimum absolute atomic E-state index is 0.0577. The highest BCUT2D eigenvalue weighted by Crippen LogP contribution is 2.41. The first-order chi connectivity index (χ1) is 14.2. The number of allylic oxidation sites excluding steroid dienone is 1. The van der Waals surface area contributed by atoms with E-state index in [1.165, 1.54) is 23.9 Å². The zero-order valence-corrected chi connectivity index (χ0v) is 18.9. The van der Waals surface area contributed by atoms with E-state index in [-0.39, 0.29) is 11.5 Å². The van der Waals surface area contributed by atoms with Gasteiger partial charge in [0, 0.05) is 35.6 Å². The molecular formula is C25H30N2O3. The number of carbonyl (C=O) groups is 1. The maximum Gasteiger partial charge on any atom is 0.338 e. The van der Waals surface area contributed by atoms with Crippen LogP contribution >= 0.6 is 0 Å². The number of benzene rings is 2. The Kier molecular flexibility index (Phi) is 6.01. The number of anilines is 1. The molecule has 3 rings (SSSR count). The summed E-state index contributed by atoms with van der Waals surface area (Å²) < 4.78 is 10.6. The van der Waals surface area contributed by atoms with Crippen molar-refractivity contribution >= 4 is 29.1 Å². The molecule has 30 heavy (non-hydrogen) atoms. The Balaban J connectivity index is 2.07. The van der Waals surface area contributed by atoms with Crippen molar-refractivity contribution in [2.75, 3.05) is 25.7 Å². The Labute approximate surface area is 179 Å². The molecule has 158 valence electrons. The highest BCUT2D eigenvalue weighted by Gasteiger charge is 2.31. The highest BCUT2D eigenvalue weighted by molar-refractivity contribution is 5.94. The number of hydrogen-bond acceptors (Lipinski definition) is 5. The van der Waals surface area contributed by atoms with Gasteiger partial charge in [-0.25, -0.2) is 4.79 Å². The first-order valence-electron chi connectivity index (χ1n) is 10.1. The molecule has 2 aromatic rings. The molecule has 0 aromatic heterocycles. The van der Waals surface area contributed by atoms with Gasteiger partial charge in [0.15, 0.2) is 0 Å². The molecule has 0 unspecified atom stereocenters. The number of aliphatic imine (C=N–C) groups is 1. The van der Waals surface area contributed by atoms with Crippen molar-refractivity contribution in [3.63, 3.8) is 0 Å². The van der Waals surface area contributed by atoms with E-state index in [9.17, 15) is 4.79 Å². The van der Waals surface area contributed by atoms with Crippen LogP contribution in [0.15, 0.2) is 41.4 Å². The molecule has 0 spiro atoms. The fraction of sp³-hybridized carbons (Fsp3) is 0.360. The minimum Gasteiger partial charge on any atom is -0.496 e. The van der Waals surface area contributed by atoms with Crippen LogP contribution in [0.3, 0.4) is 0 Å². The second-order valence-corrected chi connectivity index (χ2v) is 8.04. The summed E-state index contributed by atoms with van der Waals surface area (Å²) in [6.07, 6.45) is 4.10. The van der Waals surface area contributed by atoms with Gasteiger partial charge in [0.05, 0.1) is 31.0 Å². The second-order valence-electron chi connectivity index (χ2n) is 8.04. The summed E-state index contributed by atoms with van der Waals surface area (Å²) in [4.78, 5) is 19.0. The van der Waals surface area contributed by atoms with Crippen molar-refractivity contribution in [3.05, 3.63) is 58.7 Å². The number of nitrogens with zero attached hydrogens (tertiary/aromatic N) is 2. The van der Waals surface area contributed by atoms with Gasteiger partial charge in [-0.15, -0.1) is 0 Å². The van der Waals surface area contributed by atoms with Crippen LogP contribution in [0.25, 0.3) is 5.57 Å². The highest BCUT2D eigenvalue weighted by atomic mass is 16.5. The number of rotatable bonds is 5. The predicted octanol–water partition coefficient (Wildman–Crippen LogP) is 5.56. The van der Waals surface area contributed by atoms with Crippen molar-refractivity contribution in [3.8, 4) is 5.75 Å². The van der Waals surface area contributed by atoms with Crippen molar-refractivity contribution in [2.45, 2.75) is 40.2 Å². The van der Waals surface area contributed by atoms with Gasteiger partial charge in [-0.1, -0.05) is 12.1 Å². The van der Waals surface area contributed by atoms with E-state index in [1.54, 1.807) is 19.4 Å². The number of methoxy groups -OCH3 is 2. The molecule has 1 aliphatic heterocycles. The molecule has 0 bridgehead atoms. The van der Waals surface area contributed by atoms with Crippen LogP contribution in [0.4, 0.5) is 11.4 Å². The van der Waals surface area contributed by atoms with Crippen molar-refractivity contribution < 1.29 is 14.3 Å². The molecule has 2 aromatic carbocycles. The van der Waals surface area contributed by atoms with Gasteiger partial charge < -0.3 is 14.4 Å². The number of ether oxygens (including phenoxy) is 2. The Morgan fingerprint density at radius 3 is 2.57 bits per heavy atom. The van der Waals surface area contributed by atoms with Crippen molar-refractivity contribution in [1.82, 2.24) is 0 Å². The smallest absolute Gasteiger partial charge is 0.338 e. The standard InChI is InChI=1S/C25H30N2O3/c1-8-27-22-13-23(29-6)18(12-20(22)16(2)14-25(27,4)5)15-26-21-11-9-10-19(17(21)3)24(28)30-7/h9-15H,8H2,1-7H3. The van der Waals surface area contributed by atoms with E-state index in [2.05, 4.69) is 55.8 Å². The zero-order valence-electron chi connectivity index (χ0n) is 18.9. The van der Waals surface area contributed by atoms with E-state index < -0.39 is 0 Å². The number of hydrogen-bond donors (Lipinski definition) is 0. The second kappa shape index (κ2) is 8.34. The van der Waals surface area contributed by atoms with Crippen LogP contribution in [0.5, 0.6) is 5.75 Å². The average Bonchev–Trinajstić information content (AvgIpc) is 2.71. The Hall–Kier alpha value is -3.08. The first kappa shape index (κ1) is 21.6. The lowest BCUT2D eigenvalue weighted by Crippen LogP contribution is -2.44. The third-order valence-electron chi connectivity index (χ3n) is 5.70. The fourth-order valence-electron chi connectivity index (χ4n) is 4.21. The molecule has 5 nitrogen and oxygen atoms in total. The number of esters is 1. The van der Waals surface area contributed by atoms with Crippen LogP contribution in [0.2, 0.25) is 0 Å². The van der Waals surface area contributed by atoms with Gasteiger partial charge >= 0.3 is 5.97 Å². The van der Waals surface area contributed by atoms with Gasteiger partial charge in [-0.05, 0) is 64.0 Å². The number of fused-ring (bicyclic) bond motifs is 1. The van der Waals surface area contributed by atoms with Crippen LogP contribution in [0.1, 0.15) is 54.7 Å².